The van der Waals surface area contributed by atoms with Crippen LogP contribution in [-0.2, 0) is 22.4 Å². The Morgan fingerprint density at radius 3 is 2.60 bits per heavy atom. The van der Waals surface area contributed by atoms with Crippen LogP contribution in [0, 0.1) is 41.4 Å². The molecule has 2 aromatic carbocycles. The van der Waals surface area contributed by atoms with Crippen LogP contribution in [0.3, 0.4) is 0 Å². The number of nitrogens with two attached hydrogens (primary N) is 1. The molecule has 1 aromatic heterocycles. The molecule has 8 atom stereocenters. The SMILES string of the molecule is CCC[C@@H]([C@H]1C[C@H](CC2=CCNC(N)=C2)C[C@H]2C#C[C@H](c3ccccc3)c3cc(O)c(OC)cc3CCC(=O)CC(=O)[C@@H]2C1)[C@H](O)Cc1cc([C@H](C)CCNC)c[nH]1. The number of aliphatic hydroxyl groups excluding tert-OH is 1. The van der Waals surface area contributed by atoms with Crippen molar-refractivity contribution in [2.45, 2.75) is 102 Å². The molecular formula is C49H64N4O5. The van der Waals surface area contributed by atoms with Crippen molar-refractivity contribution >= 4 is 11.6 Å². The number of phenolic OH excluding ortho intramolecular Hbond substituents is 1. The number of phenols is 1. The number of methoxy groups -OCH3 is 1. The summed E-state index contributed by atoms with van der Waals surface area (Å²) >= 11 is 0. The first-order valence-electron chi connectivity index (χ1n) is 21.5. The maximum absolute atomic E-state index is 14.6. The first kappa shape index (κ1) is 42.8. The number of aryl methyl sites for hydroxylation is 1. The molecule has 1 saturated carbocycles. The van der Waals surface area contributed by atoms with Gasteiger partial charge in [-0.15, -0.1) is 0 Å². The fraction of sp³-hybridized carbons (Fsp3) is 0.510. The van der Waals surface area contributed by atoms with Gasteiger partial charge >= 0.3 is 0 Å². The zero-order valence-electron chi connectivity index (χ0n) is 34.9. The standard InChI is InChI=1S/C49H64N4O5/c1-5-9-42(45(55)27-39-24-38(30-53-39)31(2)16-18-51-3)37-22-33(20-32-17-19-52-49(50)23-32)21-35-13-15-41(34-10-7-6-8-11-34)43-29-47(57)48(58-4)26-36(43)12-14-40(54)28-46(56)44(35)25-37/h6-8,10-11,17,23-24,26,29-31,33,35,37,41-42,44-45,51-53,55,57H,5,9,12,14,16,18-22,25,27-28,50H2,1-4H3/t31-,33-,35-,37+,41-,42+,44-,45-/m1/s1. The summed E-state index contributed by atoms with van der Waals surface area (Å²) in [6.45, 7) is 6.01. The van der Waals surface area contributed by atoms with E-state index in [1.807, 2.05) is 49.5 Å². The fourth-order valence-corrected chi connectivity index (χ4v) is 9.73. The number of carbonyl (C=O) groups excluding carboxylic acids is 2. The van der Waals surface area contributed by atoms with Gasteiger partial charge in [-0.3, -0.25) is 9.59 Å². The molecule has 0 bridgehead atoms. The molecule has 0 amide bonds. The molecule has 3 aliphatic rings. The molecule has 6 rings (SSSR count). The lowest BCUT2D eigenvalue weighted by atomic mass is 9.73. The van der Waals surface area contributed by atoms with Crippen molar-refractivity contribution in [2.24, 2.45) is 35.3 Å². The van der Waals surface area contributed by atoms with Gasteiger partial charge in [-0.2, -0.15) is 0 Å². The van der Waals surface area contributed by atoms with Crippen molar-refractivity contribution in [3.8, 4) is 23.3 Å². The summed E-state index contributed by atoms with van der Waals surface area (Å²) in [6, 6.07) is 15.8. The van der Waals surface area contributed by atoms with Crippen LogP contribution in [-0.4, -0.2) is 60.1 Å². The Bertz CT molecular complexity index is 1990. The first-order valence-corrected chi connectivity index (χ1v) is 21.5. The molecule has 2 aliphatic carbocycles. The number of ketones is 2. The lowest BCUT2D eigenvalue weighted by Crippen LogP contribution is -2.33. The molecule has 0 spiro atoms. The molecule has 310 valence electrons. The van der Waals surface area contributed by atoms with E-state index in [0.717, 1.165) is 61.0 Å². The quantitative estimate of drug-likeness (QED) is 0.0730. The molecular weight excluding hydrogens is 725 g/mol. The summed E-state index contributed by atoms with van der Waals surface area (Å²) in [6.07, 6.45) is 12.3. The number of ether oxygens (including phenoxy) is 1. The minimum atomic E-state index is -0.604. The van der Waals surface area contributed by atoms with Gasteiger partial charge in [0.1, 0.15) is 11.6 Å². The largest absolute Gasteiger partial charge is 0.504 e. The van der Waals surface area contributed by atoms with Gasteiger partial charge in [0.2, 0.25) is 0 Å². The third kappa shape index (κ3) is 10.8. The summed E-state index contributed by atoms with van der Waals surface area (Å²) in [5.41, 5.74) is 12.4. The molecule has 7 N–H and O–H groups in total. The Kier molecular flexibility index (Phi) is 15.0. The lowest BCUT2D eigenvalue weighted by Gasteiger charge is -2.33. The average molecular weight is 789 g/mol. The van der Waals surface area contributed by atoms with Crippen LogP contribution in [0.1, 0.15) is 111 Å². The number of hydrogen-bond donors (Lipinski definition) is 6. The highest BCUT2D eigenvalue weighted by Gasteiger charge is 2.41. The third-order valence-electron chi connectivity index (χ3n) is 12.9. The second-order valence-electron chi connectivity index (χ2n) is 17.0. The van der Waals surface area contributed by atoms with Gasteiger partial charge < -0.3 is 36.3 Å². The number of aliphatic hydroxyl groups is 1. The first-order chi connectivity index (χ1) is 28.1. The molecule has 3 aromatic rings. The molecule has 58 heavy (non-hydrogen) atoms. The van der Waals surface area contributed by atoms with E-state index in [2.05, 4.69) is 59.6 Å². The fourth-order valence-electron chi connectivity index (χ4n) is 9.73. The number of carbonyl (C=O) groups is 2. The van der Waals surface area contributed by atoms with E-state index in [0.29, 0.717) is 49.7 Å². The van der Waals surface area contributed by atoms with Gasteiger partial charge in [0.05, 0.1) is 31.4 Å². The van der Waals surface area contributed by atoms with Crippen LogP contribution in [0.4, 0.5) is 0 Å². The number of nitrogens with one attached hydrogen (secondary N) is 3. The monoisotopic (exact) mass is 788 g/mol. The molecule has 9 nitrogen and oxygen atoms in total. The molecule has 0 unspecified atom stereocenters. The van der Waals surface area contributed by atoms with Crippen molar-refractivity contribution in [3.63, 3.8) is 0 Å². The summed E-state index contributed by atoms with van der Waals surface area (Å²) in [7, 11) is 3.49. The van der Waals surface area contributed by atoms with Gasteiger partial charge in [0.15, 0.2) is 11.5 Å². The van der Waals surface area contributed by atoms with E-state index in [4.69, 9.17) is 10.5 Å². The highest BCUT2D eigenvalue weighted by Crippen LogP contribution is 2.45. The molecule has 1 fully saturated rings. The third-order valence-corrected chi connectivity index (χ3v) is 12.9. The number of Topliss-reactive ketones (excluding diaryl/α,β-unsaturated/α-hetero) is 2. The number of aromatic amines is 1. The summed E-state index contributed by atoms with van der Waals surface area (Å²) in [5, 5.41) is 29.6. The minimum Gasteiger partial charge on any atom is -0.504 e. The summed E-state index contributed by atoms with van der Waals surface area (Å²) in [5.74, 6) is 7.64. The van der Waals surface area contributed by atoms with Gasteiger partial charge in [0.25, 0.3) is 0 Å². The van der Waals surface area contributed by atoms with E-state index in [1.54, 1.807) is 6.07 Å². The Balaban J connectivity index is 1.40. The van der Waals surface area contributed by atoms with Crippen LogP contribution in [0.15, 0.2) is 78.3 Å². The number of hydrogen-bond acceptors (Lipinski definition) is 8. The van der Waals surface area contributed by atoms with Crippen molar-refractivity contribution in [3.05, 3.63) is 106 Å². The topological polar surface area (TPSA) is 150 Å². The maximum atomic E-state index is 14.6. The maximum Gasteiger partial charge on any atom is 0.160 e. The average Bonchev–Trinajstić information content (AvgIpc) is 3.60. The Hall–Kier alpha value is -4.78. The van der Waals surface area contributed by atoms with Crippen LogP contribution in [0.2, 0.25) is 0 Å². The summed E-state index contributed by atoms with van der Waals surface area (Å²) < 4.78 is 5.49. The normalized spacial score (nSPS) is 24.1. The highest BCUT2D eigenvalue weighted by atomic mass is 16.5. The second kappa shape index (κ2) is 20.3. The zero-order chi connectivity index (χ0) is 41.2. The predicted octanol–water partition coefficient (Wildman–Crippen LogP) is 7.44. The van der Waals surface area contributed by atoms with Crippen molar-refractivity contribution < 1.29 is 24.5 Å². The lowest BCUT2D eigenvalue weighted by molar-refractivity contribution is -0.130. The zero-order valence-corrected chi connectivity index (χ0v) is 34.9. The van der Waals surface area contributed by atoms with E-state index in [-0.39, 0.29) is 53.8 Å². The molecule has 2 heterocycles. The van der Waals surface area contributed by atoms with E-state index >= 15 is 0 Å². The number of aromatic nitrogens is 1. The second-order valence-corrected chi connectivity index (χ2v) is 17.0. The van der Waals surface area contributed by atoms with Crippen molar-refractivity contribution in [2.75, 3.05) is 27.2 Å². The number of allylic oxidation sites excluding steroid dienone is 2. The van der Waals surface area contributed by atoms with Gasteiger partial charge in [0, 0.05) is 43.1 Å². The molecule has 1 aliphatic heterocycles. The van der Waals surface area contributed by atoms with E-state index < -0.39 is 17.9 Å². The van der Waals surface area contributed by atoms with Gasteiger partial charge in [-0.05, 0) is 134 Å². The van der Waals surface area contributed by atoms with Crippen molar-refractivity contribution in [1.29, 1.82) is 0 Å². The van der Waals surface area contributed by atoms with Crippen LogP contribution >= 0.6 is 0 Å². The number of dihydropyridines is 1. The molecule has 0 saturated heterocycles. The van der Waals surface area contributed by atoms with Crippen LogP contribution < -0.4 is 21.1 Å². The Morgan fingerprint density at radius 1 is 1.05 bits per heavy atom. The molecule has 9 heteroatoms. The Morgan fingerprint density at radius 2 is 1.86 bits per heavy atom. The van der Waals surface area contributed by atoms with Crippen LogP contribution in [0.25, 0.3) is 0 Å². The Labute approximate surface area is 345 Å². The number of fused-ring (bicyclic) bond motifs is 2. The van der Waals surface area contributed by atoms with Gasteiger partial charge in [-0.25, -0.2) is 0 Å². The number of H-pyrrole nitrogens is 1. The van der Waals surface area contributed by atoms with Gasteiger partial charge in [-0.1, -0.05) is 68.5 Å². The van der Waals surface area contributed by atoms with Crippen molar-refractivity contribution in [1.82, 2.24) is 15.6 Å². The van der Waals surface area contributed by atoms with E-state index in [9.17, 15) is 19.8 Å². The highest BCUT2D eigenvalue weighted by molar-refractivity contribution is 6.00. The minimum absolute atomic E-state index is 0.0230. The smallest absolute Gasteiger partial charge is 0.160 e. The number of aromatic hydroxyl groups is 1. The number of rotatable bonds is 14. The van der Waals surface area contributed by atoms with Crippen LogP contribution in [0.5, 0.6) is 11.5 Å². The summed E-state index contributed by atoms with van der Waals surface area (Å²) in [4.78, 5) is 31.8. The number of benzene rings is 2. The van der Waals surface area contributed by atoms with E-state index in [1.165, 1.54) is 18.2 Å². The molecule has 0 radical (unpaired) electrons. The predicted molar refractivity (Wildman–Crippen MR) is 230 cm³/mol.